The molecule has 0 spiro atoms. The van der Waals surface area contributed by atoms with Gasteiger partial charge in [-0.3, -0.25) is 10.1 Å². The smallest absolute Gasteiger partial charge is 0.270 e. The molecule has 0 radical (unpaired) electrons. The van der Waals surface area contributed by atoms with Crippen molar-refractivity contribution >= 4 is 103 Å². The number of hydrogen-bond donors (Lipinski definition) is 3. The number of nitro benzene ring substituents is 1. The highest BCUT2D eigenvalue weighted by Gasteiger charge is 2.26. The van der Waals surface area contributed by atoms with E-state index in [2.05, 4.69) is 30.2 Å². The molecule has 0 unspecified atom stereocenters. The zero-order chi connectivity index (χ0) is 48.6. The van der Waals surface area contributed by atoms with Crippen molar-refractivity contribution in [2.75, 3.05) is 91.6 Å². The third-order valence-corrected chi connectivity index (χ3v) is 15.6. The molecule has 4 fully saturated rings. The van der Waals surface area contributed by atoms with Crippen molar-refractivity contribution in [3.8, 4) is 0 Å². The number of halogens is 4. The molecule has 4 N–H and O–H groups in total. The number of fused-ring (bicyclic) bond motifs is 2. The van der Waals surface area contributed by atoms with Crippen molar-refractivity contribution in [3.63, 3.8) is 0 Å². The lowest BCUT2D eigenvalue weighted by molar-refractivity contribution is -0.384. The second-order valence-corrected chi connectivity index (χ2v) is 20.9. The van der Waals surface area contributed by atoms with Crippen molar-refractivity contribution in [2.24, 2.45) is 11.8 Å². The standard InChI is InChI=1S/C26H30Cl2N6O2.C26H32Cl2N6/c27-20-4-3-19(23(28)15-20)17-29-25-22-16-21(34(35)36)5-6-24(22)30-26(31-25)33-13-8-18(9-14-33)7-12-32-10-1-2-11-32;27-20-4-3-19(23(28)15-20)17-30-25-22-16-21(29)5-6-24(22)31-26(32-25)34-13-8-18(9-14-34)7-12-33-10-1-2-11-33/h3-6,15-16,18H,1-2,7-14,17H2,(H,29,30,31);3-6,15-16,18H,1-2,7-14,17,29H2,(H,30,31,32). The first-order chi connectivity index (χ1) is 34.0. The Bertz CT molecular complexity index is 2760. The highest BCUT2D eigenvalue weighted by Crippen LogP contribution is 2.33. The first-order valence-electron chi connectivity index (χ1n) is 24.8. The van der Waals surface area contributed by atoms with E-state index in [0.717, 1.165) is 84.7 Å². The normalized spacial score (nSPS) is 17.3. The Morgan fingerprint density at radius 1 is 0.571 bits per heavy atom. The summed E-state index contributed by atoms with van der Waals surface area (Å²) < 4.78 is 0. The number of anilines is 5. The summed E-state index contributed by atoms with van der Waals surface area (Å²) in [7, 11) is 0. The minimum absolute atomic E-state index is 0.00485. The fourth-order valence-corrected chi connectivity index (χ4v) is 11.1. The van der Waals surface area contributed by atoms with Crippen LogP contribution in [-0.4, -0.2) is 100 Å². The number of nitrogens with two attached hydrogens (primary N) is 1. The predicted octanol–water partition coefficient (Wildman–Crippen LogP) is 12.0. The number of nitro groups is 1. The number of non-ortho nitro benzene ring substituents is 1. The molecule has 18 heteroatoms. The maximum absolute atomic E-state index is 11.4. The molecule has 70 heavy (non-hydrogen) atoms. The fourth-order valence-electron chi connectivity index (χ4n) is 10.2. The Kier molecular flexibility index (Phi) is 16.8. The molecule has 10 rings (SSSR count). The largest absolute Gasteiger partial charge is 0.399 e. The van der Waals surface area contributed by atoms with Gasteiger partial charge in [0.1, 0.15) is 11.6 Å². The van der Waals surface area contributed by atoms with Gasteiger partial charge in [0, 0.05) is 88.0 Å². The summed E-state index contributed by atoms with van der Waals surface area (Å²) in [5, 5.41) is 22.1. The molecular formula is C52H62Cl4N12O2. The van der Waals surface area contributed by atoms with E-state index in [1.807, 2.05) is 36.4 Å². The average molecular weight is 1030 g/mol. The van der Waals surface area contributed by atoms with E-state index in [1.165, 1.54) is 103 Å². The average Bonchev–Trinajstić information content (AvgIpc) is 4.10. The maximum Gasteiger partial charge on any atom is 0.270 e. The lowest BCUT2D eigenvalue weighted by Gasteiger charge is -2.33. The SMILES string of the molecule is Nc1ccc2nc(N3CCC(CCN4CCCC4)CC3)nc(NCc3ccc(Cl)cc3Cl)c2c1.O=[N+]([O-])c1ccc2nc(N3CCC(CCN4CCCC4)CC3)nc(NCc3ccc(Cl)cc3Cl)c2c1. The van der Waals surface area contributed by atoms with E-state index in [0.29, 0.717) is 61.5 Å². The topological polar surface area (TPSA) is 158 Å². The van der Waals surface area contributed by atoms with Crippen LogP contribution in [0.1, 0.15) is 75.3 Å². The van der Waals surface area contributed by atoms with Crippen LogP contribution >= 0.6 is 46.4 Å². The Balaban J connectivity index is 0.000000174. The van der Waals surface area contributed by atoms with Gasteiger partial charge in [0.05, 0.1) is 16.0 Å². The van der Waals surface area contributed by atoms with Crippen molar-refractivity contribution in [2.45, 2.75) is 77.3 Å². The summed E-state index contributed by atoms with van der Waals surface area (Å²) in [6.45, 7) is 12.3. The summed E-state index contributed by atoms with van der Waals surface area (Å²) in [5.41, 5.74) is 10.2. The summed E-state index contributed by atoms with van der Waals surface area (Å²) in [4.78, 5) is 40.2. The fraction of sp³-hybridized carbons (Fsp3) is 0.462. The Morgan fingerprint density at radius 3 is 1.46 bits per heavy atom. The van der Waals surface area contributed by atoms with E-state index in [1.54, 1.807) is 24.3 Å². The van der Waals surface area contributed by atoms with Crippen LogP contribution in [0, 0.1) is 22.0 Å². The molecule has 0 atom stereocenters. The lowest BCUT2D eigenvalue weighted by atomic mass is 9.93. The van der Waals surface area contributed by atoms with Gasteiger partial charge < -0.3 is 36.0 Å². The van der Waals surface area contributed by atoms with Crippen LogP contribution in [0.3, 0.4) is 0 Å². The number of likely N-dealkylation sites (tertiary alicyclic amines) is 2. The molecular weight excluding hydrogens is 966 g/mol. The van der Waals surface area contributed by atoms with Crippen molar-refractivity contribution in [3.05, 3.63) is 114 Å². The third kappa shape index (κ3) is 12.9. The van der Waals surface area contributed by atoms with Crippen LogP contribution in [0.5, 0.6) is 0 Å². The first kappa shape index (κ1) is 50.0. The van der Waals surface area contributed by atoms with Gasteiger partial charge in [0.15, 0.2) is 0 Å². The Hall–Kier alpha value is -4.96. The number of benzene rings is 4. The molecule has 4 aliphatic heterocycles. The Morgan fingerprint density at radius 2 is 1.01 bits per heavy atom. The molecule has 2 aromatic heterocycles. The van der Waals surface area contributed by atoms with Gasteiger partial charge in [0.2, 0.25) is 11.9 Å². The number of aromatic nitrogens is 4. The number of nitrogens with zero attached hydrogens (tertiary/aromatic N) is 9. The predicted molar refractivity (Wildman–Crippen MR) is 288 cm³/mol. The van der Waals surface area contributed by atoms with Crippen molar-refractivity contribution in [1.82, 2.24) is 29.7 Å². The van der Waals surface area contributed by atoms with Gasteiger partial charge in [-0.25, -0.2) is 9.97 Å². The van der Waals surface area contributed by atoms with Gasteiger partial charge in [-0.1, -0.05) is 58.5 Å². The molecule has 0 saturated carbocycles. The van der Waals surface area contributed by atoms with Crippen LogP contribution in [0.4, 0.5) is 34.9 Å². The first-order valence-corrected chi connectivity index (χ1v) is 26.4. The highest BCUT2D eigenvalue weighted by atomic mass is 35.5. The number of piperidine rings is 2. The zero-order valence-corrected chi connectivity index (χ0v) is 42.6. The monoisotopic (exact) mass is 1030 g/mol. The van der Waals surface area contributed by atoms with Crippen LogP contribution in [0.15, 0.2) is 72.8 Å². The van der Waals surface area contributed by atoms with Crippen LogP contribution < -0.4 is 26.2 Å². The van der Waals surface area contributed by atoms with E-state index in [4.69, 9.17) is 72.1 Å². The zero-order valence-electron chi connectivity index (χ0n) is 39.6. The van der Waals surface area contributed by atoms with E-state index >= 15 is 0 Å². The summed E-state index contributed by atoms with van der Waals surface area (Å²) in [6, 6.07) is 21.4. The van der Waals surface area contributed by atoms with E-state index in [-0.39, 0.29) is 5.69 Å². The molecule has 4 aliphatic rings. The van der Waals surface area contributed by atoms with E-state index < -0.39 is 4.92 Å². The van der Waals surface area contributed by atoms with Crippen molar-refractivity contribution < 1.29 is 4.92 Å². The quantitative estimate of drug-likeness (QED) is 0.0507. The van der Waals surface area contributed by atoms with E-state index in [9.17, 15) is 10.1 Å². The minimum atomic E-state index is -0.403. The molecule has 4 aromatic carbocycles. The summed E-state index contributed by atoms with van der Waals surface area (Å²) in [6.07, 6.45) is 12.6. The molecule has 6 heterocycles. The second kappa shape index (κ2) is 23.5. The van der Waals surface area contributed by atoms with Gasteiger partial charge in [-0.15, -0.1) is 0 Å². The third-order valence-electron chi connectivity index (χ3n) is 14.4. The number of nitrogen functional groups attached to an aromatic ring is 1. The molecule has 370 valence electrons. The van der Waals surface area contributed by atoms with Gasteiger partial charge >= 0.3 is 0 Å². The van der Waals surface area contributed by atoms with Gasteiger partial charge in [-0.05, 0) is 175 Å². The molecule has 14 nitrogen and oxygen atoms in total. The lowest BCUT2D eigenvalue weighted by Crippen LogP contribution is -2.36. The van der Waals surface area contributed by atoms with Crippen LogP contribution in [0.2, 0.25) is 20.1 Å². The van der Waals surface area contributed by atoms with Gasteiger partial charge in [0.25, 0.3) is 5.69 Å². The van der Waals surface area contributed by atoms with Crippen LogP contribution in [-0.2, 0) is 13.1 Å². The van der Waals surface area contributed by atoms with Gasteiger partial charge in [-0.2, -0.15) is 9.97 Å². The molecule has 4 saturated heterocycles. The molecule has 6 aromatic rings. The second-order valence-electron chi connectivity index (χ2n) is 19.2. The van der Waals surface area contributed by atoms with Crippen molar-refractivity contribution in [1.29, 1.82) is 0 Å². The molecule has 0 bridgehead atoms. The highest BCUT2D eigenvalue weighted by molar-refractivity contribution is 6.35. The Labute approximate surface area is 430 Å². The minimum Gasteiger partial charge on any atom is -0.399 e. The number of hydrogen-bond acceptors (Lipinski definition) is 13. The van der Waals surface area contributed by atoms with Crippen LogP contribution in [0.25, 0.3) is 21.8 Å². The molecule has 0 amide bonds. The number of rotatable bonds is 15. The maximum atomic E-state index is 11.4. The number of nitrogens with one attached hydrogen (secondary N) is 2. The summed E-state index contributed by atoms with van der Waals surface area (Å²) in [5.74, 6) is 4.28. The summed E-state index contributed by atoms with van der Waals surface area (Å²) >= 11 is 24.8. The molecule has 0 aliphatic carbocycles.